The van der Waals surface area contributed by atoms with Gasteiger partial charge in [0, 0.05) is 38.5 Å². The smallest absolute Gasteiger partial charge is 0.191 e. The van der Waals surface area contributed by atoms with Gasteiger partial charge in [0.05, 0.1) is 4.90 Å². The molecule has 9 heteroatoms. The Morgan fingerprint density at radius 1 is 1.06 bits per heavy atom. The van der Waals surface area contributed by atoms with E-state index in [4.69, 9.17) is 4.74 Å². The van der Waals surface area contributed by atoms with Gasteiger partial charge in [-0.1, -0.05) is 30.3 Å². The first-order chi connectivity index (χ1) is 14.3. The third-order valence-corrected chi connectivity index (χ3v) is 5.62. The molecule has 31 heavy (non-hydrogen) atoms. The zero-order valence-corrected chi connectivity index (χ0v) is 21.7. The predicted octanol–water partition coefficient (Wildman–Crippen LogP) is 2.56. The molecule has 0 aromatic heterocycles. The van der Waals surface area contributed by atoms with Crippen molar-refractivity contribution in [2.24, 2.45) is 4.99 Å². The Balaban J connectivity index is 0.00000480. The number of guanidine groups is 1. The zero-order chi connectivity index (χ0) is 22.0. The number of hydrogen-bond donors (Lipinski definition) is 2. The number of nitrogens with one attached hydrogen (secondary N) is 2. The summed E-state index contributed by atoms with van der Waals surface area (Å²) in [5, 5.41) is 6.59. The molecule has 0 aliphatic rings. The van der Waals surface area contributed by atoms with Crippen molar-refractivity contribution in [2.45, 2.75) is 17.9 Å². The Hall–Kier alpha value is -1.85. The van der Waals surface area contributed by atoms with E-state index in [-0.39, 0.29) is 24.0 Å². The fourth-order valence-electron chi connectivity index (χ4n) is 2.76. The lowest BCUT2D eigenvalue weighted by Crippen LogP contribution is -2.38. The molecule has 0 aliphatic carbocycles. The molecule has 2 aromatic carbocycles. The molecule has 0 fully saturated rings. The van der Waals surface area contributed by atoms with Gasteiger partial charge in [-0.25, -0.2) is 8.42 Å². The van der Waals surface area contributed by atoms with Crippen LogP contribution in [0, 0.1) is 0 Å². The maximum Gasteiger partial charge on any atom is 0.191 e. The lowest BCUT2D eigenvalue weighted by molar-refractivity contribution is 0.259. The Bertz CT molecular complexity index is 932. The summed E-state index contributed by atoms with van der Waals surface area (Å²) >= 11 is 0. The number of ether oxygens (including phenoxy) is 1. The maximum atomic E-state index is 11.5. The van der Waals surface area contributed by atoms with E-state index >= 15 is 0 Å². The fraction of sp³-hybridized carbons (Fsp3) is 0.409. The highest BCUT2D eigenvalue weighted by Crippen LogP contribution is 2.17. The van der Waals surface area contributed by atoms with Crippen LogP contribution in [-0.4, -0.2) is 66.4 Å². The van der Waals surface area contributed by atoms with Crippen molar-refractivity contribution in [3.8, 4) is 5.75 Å². The Kier molecular flexibility index (Phi) is 11.9. The summed E-state index contributed by atoms with van der Waals surface area (Å²) in [6, 6.07) is 14.9. The van der Waals surface area contributed by atoms with Crippen molar-refractivity contribution in [1.29, 1.82) is 0 Å². The first kappa shape index (κ1) is 27.2. The number of likely N-dealkylation sites (N-methyl/N-ethyl adjacent to an activating group) is 1. The van der Waals surface area contributed by atoms with E-state index in [1.54, 1.807) is 19.2 Å². The minimum Gasteiger partial charge on any atom is -0.492 e. The summed E-state index contributed by atoms with van der Waals surface area (Å²) in [6.07, 6.45) is 1.97. The van der Waals surface area contributed by atoms with E-state index in [1.807, 2.05) is 50.5 Å². The first-order valence-electron chi connectivity index (χ1n) is 9.88. The van der Waals surface area contributed by atoms with E-state index in [9.17, 15) is 8.42 Å². The van der Waals surface area contributed by atoms with Gasteiger partial charge in [0.25, 0.3) is 0 Å². The first-order valence-corrected chi connectivity index (χ1v) is 11.8. The van der Waals surface area contributed by atoms with Crippen LogP contribution in [0.2, 0.25) is 0 Å². The number of rotatable bonds is 10. The van der Waals surface area contributed by atoms with Gasteiger partial charge in [-0.15, -0.1) is 24.0 Å². The average Bonchev–Trinajstić information content (AvgIpc) is 2.71. The summed E-state index contributed by atoms with van der Waals surface area (Å²) in [5.41, 5.74) is 2.13. The van der Waals surface area contributed by atoms with Gasteiger partial charge in [0.1, 0.15) is 12.4 Å². The fourth-order valence-corrected chi connectivity index (χ4v) is 3.39. The van der Waals surface area contributed by atoms with Crippen molar-refractivity contribution in [3.63, 3.8) is 0 Å². The SMILES string of the molecule is CN=C(NCCc1ccc(S(C)(=O)=O)cc1)NCc1ccccc1OCCN(C)C.I. The van der Waals surface area contributed by atoms with E-state index < -0.39 is 9.84 Å². The Morgan fingerprint density at radius 2 is 1.74 bits per heavy atom. The molecule has 0 saturated heterocycles. The van der Waals surface area contributed by atoms with Crippen molar-refractivity contribution in [2.75, 3.05) is 47.1 Å². The number of benzene rings is 2. The number of sulfone groups is 1. The van der Waals surface area contributed by atoms with Gasteiger partial charge < -0.3 is 20.3 Å². The normalized spacial score (nSPS) is 11.7. The number of para-hydroxylation sites is 1. The van der Waals surface area contributed by atoms with Crippen molar-refractivity contribution in [3.05, 3.63) is 59.7 Å². The van der Waals surface area contributed by atoms with Crippen LogP contribution in [-0.2, 0) is 22.8 Å². The summed E-state index contributed by atoms with van der Waals surface area (Å²) < 4.78 is 29.0. The molecule has 0 aliphatic heterocycles. The van der Waals surface area contributed by atoms with Crippen LogP contribution < -0.4 is 15.4 Å². The highest BCUT2D eigenvalue weighted by Gasteiger charge is 2.07. The third kappa shape index (κ3) is 9.88. The second kappa shape index (κ2) is 13.5. The molecule has 0 saturated carbocycles. The standard InChI is InChI=1S/C22H32N4O3S.HI/c1-23-22(24-14-13-18-9-11-20(12-10-18)30(4,27)28)25-17-19-7-5-6-8-21(19)29-16-15-26(2)3;/h5-12H,13-17H2,1-4H3,(H2,23,24,25);1H. The molecule has 0 amide bonds. The molecule has 0 unspecified atom stereocenters. The van der Waals surface area contributed by atoms with Gasteiger partial charge in [-0.3, -0.25) is 4.99 Å². The van der Waals surface area contributed by atoms with Crippen LogP contribution in [0.5, 0.6) is 5.75 Å². The number of hydrogen-bond acceptors (Lipinski definition) is 5. The van der Waals surface area contributed by atoms with E-state index in [1.165, 1.54) is 6.26 Å². The lowest BCUT2D eigenvalue weighted by Gasteiger charge is -2.16. The summed E-state index contributed by atoms with van der Waals surface area (Å²) in [7, 11) is 2.61. The molecule has 2 N–H and O–H groups in total. The van der Waals surface area contributed by atoms with E-state index in [2.05, 4.69) is 20.5 Å². The quantitative estimate of drug-likeness (QED) is 0.264. The van der Waals surface area contributed by atoms with Crippen molar-refractivity contribution in [1.82, 2.24) is 15.5 Å². The average molecular weight is 561 g/mol. The molecular weight excluding hydrogens is 527 g/mol. The highest BCUT2D eigenvalue weighted by atomic mass is 127. The van der Waals surface area contributed by atoms with Crippen LogP contribution in [0.4, 0.5) is 0 Å². The second-order valence-electron chi connectivity index (χ2n) is 7.28. The monoisotopic (exact) mass is 560 g/mol. The van der Waals surface area contributed by atoms with E-state index in [0.29, 0.717) is 30.6 Å². The second-order valence-corrected chi connectivity index (χ2v) is 9.29. The highest BCUT2D eigenvalue weighted by molar-refractivity contribution is 14.0. The van der Waals surface area contributed by atoms with Crippen LogP contribution in [0.3, 0.4) is 0 Å². The van der Waals surface area contributed by atoms with Crippen molar-refractivity contribution < 1.29 is 13.2 Å². The molecule has 172 valence electrons. The molecule has 0 radical (unpaired) electrons. The van der Waals surface area contributed by atoms with Gasteiger partial charge in [0.15, 0.2) is 15.8 Å². The minimum atomic E-state index is -3.16. The Morgan fingerprint density at radius 3 is 2.35 bits per heavy atom. The maximum absolute atomic E-state index is 11.5. The molecular formula is C22H33IN4O3S. The topological polar surface area (TPSA) is 83.0 Å². The van der Waals surface area contributed by atoms with Crippen LogP contribution in [0.25, 0.3) is 0 Å². The summed E-state index contributed by atoms with van der Waals surface area (Å²) in [6.45, 7) is 2.77. The molecule has 0 atom stereocenters. The zero-order valence-electron chi connectivity index (χ0n) is 18.6. The van der Waals surface area contributed by atoms with Crippen LogP contribution >= 0.6 is 24.0 Å². The number of halogens is 1. The van der Waals surface area contributed by atoms with Gasteiger partial charge in [-0.2, -0.15) is 0 Å². The third-order valence-electron chi connectivity index (χ3n) is 4.50. The van der Waals surface area contributed by atoms with E-state index in [0.717, 1.165) is 29.8 Å². The van der Waals surface area contributed by atoms with Crippen LogP contribution in [0.1, 0.15) is 11.1 Å². The van der Waals surface area contributed by atoms with Gasteiger partial charge in [0.2, 0.25) is 0 Å². The minimum absolute atomic E-state index is 0. The molecule has 0 heterocycles. The molecule has 2 rings (SSSR count). The lowest BCUT2D eigenvalue weighted by atomic mass is 10.1. The van der Waals surface area contributed by atoms with Gasteiger partial charge >= 0.3 is 0 Å². The summed E-state index contributed by atoms with van der Waals surface area (Å²) in [5.74, 6) is 1.57. The van der Waals surface area contributed by atoms with Crippen LogP contribution in [0.15, 0.2) is 58.4 Å². The number of aliphatic imine (C=N–C) groups is 1. The van der Waals surface area contributed by atoms with Gasteiger partial charge in [-0.05, 0) is 44.3 Å². The molecule has 7 nitrogen and oxygen atoms in total. The van der Waals surface area contributed by atoms with Crippen molar-refractivity contribution >= 4 is 39.8 Å². The molecule has 2 aromatic rings. The molecule has 0 spiro atoms. The molecule has 0 bridgehead atoms. The Labute approximate surface area is 203 Å². The predicted molar refractivity (Wildman–Crippen MR) is 137 cm³/mol. The largest absolute Gasteiger partial charge is 0.492 e. The summed E-state index contributed by atoms with van der Waals surface area (Å²) in [4.78, 5) is 6.68. The number of nitrogens with zero attached hydrogens (tertiary/aromatic N) is 2.